The third-order valence-electron chi connectivity index (χ3n) is 3.03. The fourth-order valence-corrected chi connectivity index (χ4v) is 1.97. The number of rotatable bonds is 2. The number of nitrogens with one attached hydrogen (secondary N) is 1. The molecule has 0 saturated heterocycles. The van der Waals surface area contributed by atoms with Crippen LogP contribution in [0.25, 0.3) is 22.2 Å². The van der Waals surface area contributed by atoms with Crippen LogP contribution in [0.2, 0.25) is 0 Å². The monoisotopic (exact) mass is 291 g/mol. The molecule has 0 radical (unpaired) electrons. The van der Waals surface area contributed by atoms with E-state index in [1.54, 1.807) is 6.07 Å². The van der Waals surface area contributed by atoms with E-state index >= 15 is 0 Å². The van der Waals surface area contributed by atoms with Crippen molar-refractivity contribution >= 4 is 10.8 Å². The first kappa shape index (κ1) is 13.3. The molecule has 0 aliphatic heterocycles. The third-order valence-corrected chi connectivity index (χ3v) is 3.03. The fourth-order valence-electron chi connectivity index (χ4n) is 1.97. The molecule has 21 heavy (non-hydrogen) atoms. The largest absolute Gasteiger partial charge is 0.329 e. The minimum Gasteiger partial charge on any atom is -0.329 e. The Morgan fingerprint density at radius 3 is 2.52 bits per heavy atom. The van der Waals surface area contributed by atoms with Crippen molar-refractivity contribution in [1.29, 1.82) is 0 Å². The molecule has 1 N–H and O–H groups in total. The van der Waals surface area contributed by atoms with E-state index in [1.165, 1.54) is 12.3 Å². The molecule has 2 heterocycles. The molecule has 7 heteroatoms. The van der Waals surface area contributed by atoms with E-state index in [1.807, 2.05) is 0 Å². The molecular weight excluding hydrogens is 283 g/mol. The van der Waals surface area contributed by atoms with Gasteiger partial charge >= 0.3 is 0 Å². The zero-order chi connectivity index (χ0) is 15.0. The van der Waals surface area contributed by atoms with Gasteiger partial charge in [-0.3, -0.25) is 4.79 Å². The average Bonchev–Trinajstić information content (AvgIpc) is 2.48. The smallest absolute Gasteiger partial charge is 0.266 e. The van der Waals surface area contributed by atoms with E-state index < -0.39 is 17.8 Å². The number of hydrogen-bond donors (Lipinski definition) is 1. The molecule has 0 aliphatic rings. The molecule has 0 amide bonds. The maximum atomic E-state index is 14.1. The van der Waals surface area contributed by atoms with Crippen LogP contribution in [0.4, 0.5) is 13.2 Å². The molecule has 0 saturated carbocycles. The minimum atomic E-state index is -2.68. The van der Waals surface area contributed by atoms with E-state index in [2.05, 4.69) is 15.0 Å². The summed E-state index contributed by atoms with van der Waals surface area (Å²) in [5.74, 6) is -0.705. The van der Waals surface area contributed by atoms with Crippen LogP contribution in [0.15, 0.2) is 41.6 Å². The SMILES string of the molecule is O=c1[nH]ccc2cc(-c3ncc(C(F)F)cn3)c(F)cc12. The van der Waals surface area contributed by atoms with Crippen LogP contribution in [0.3, 0.4) is 0 Å². The number of H-pyrrole nitrogens is 1. The summed E-state index contributed by atoms with van der Waals surface area (Å²) in [6, 6.07) is 4.10. The Morgan fingerprint density at radius 1 is 1.14 bits per heavy atom. The molecule has 3 aromatic rings. The average molecular weight is 291 g/mol. The Balaban J connectivity index is 2.16. The van der Waals surface area contributed by atoms with Crippen molar-refractivity contribution in [2.75, 3.05) is 0 Å². The Hall–Kier alpha value is -2.70. The summed E-state index contributed by atoms with van der Waals surface area (Å²) in [5, 5.41) is 0.708. The lowest BCUT2D eigenvalue weighted by Crippen LogP contribution is -2.05. The van der Waals surface area contributed by atoms with Crippen LogP contribution >= 0.6 is 0 Å². The first-order valence-electron chi connectivity index (χ1n) is 5.97. The fraction of sp³-hybridized carbons (Fsp3) is 0.0714. The van der Waals surface area contributed by atoms with Crippen LogP contribution in [0, 0.1) is 5.82 Å². The zero-order valence-corrected chi connectivity index (χ0v) is 10.5. The second kappa shape index (κ2) is 5.01. The molecule has 0 unspecified atom stereocenters. The van der Waals surface area contributed by atoms with Gasteiger partial charge in [0.25, 0.3) is 12.0 Å². The second-order valence-corrected chi connectivity index (χ2v) is 4.37. The van der Waals surface area contributed by atoms with E-state index in [9.17, 15) is 18.0 Å². The van der Waals surface area contributed by atoms with E-state index in [0.717, 1.165) is 18.5 Å². The van der Waals surface area contributed by atoms with Gasteiger partial charge in [0.1, 0.15) is 5.82 Å². The summed E-state index contributed by atoms with van der Waals surface area (Å²) in [7, 11) is 0. The number of halogens is 3. The van der Waals surface area contributed by atoms with Crippen LogP contribution in [0.5, 0.6) is 0 Å². The molecule has 4 nitrogen and oxygen atoms in total. The lowest BCUT2D eigenvalue weighted by atomic mass is 10.1. The predicted octanol–water partition coefficient (Wildman–Crippen LogP) is 3.06. The second-order valence-electron chi connectivity index (χ2n) is 4.37. The number of nitrogens with zero attached hydrogens (tertiary/aromatic N) is 2. The number of benzene rings is 1. The van der Waals surface area contributed by atoms with Gasteiger partial charge in [-0.2, -0.15) is 0 Å². The summed E-state index contributed by atoms with van der Waals surface area (Å²) in [6.07, 6.45) is 0.662. The molecule has 0 spiro atoms. The molecule has 0 bridgehead atoms. The first-order valence-corrected chi connectivity index (χ1v) is 5.97. The lowest BCUT2D eigenvalue weighted by molar-refractivity contribution is 0.150. The summed E-state index contributed by atoms with van der Waals surface area (Å²) in [6.45, 7) is 0. The van der Waals surface area contributed by atoms with Crippen molar-refractivity contribution in [3.8, 4) is 11.4 Å². The number of aromatic amines is 1. The maximum absolute atomic E-state index is 14.1. The molecule has 0 atom stereocenters. The molecule has 0 aliphatic carbocycles. The van der Waals surface area contributed by atoms with Gasteiger partial charge in [0.2, 0.25) is 0 Å². The Kier molecular flexibility index (Phi) is 3.17. The highest BCUT2D eigenvalue weighted by atomic mass is 19.3. The van der Waals surface area contributed by atoms with Gasteiger partial charge < -0.3 is 4.98 Å². The first-order chi connectivity index (χ1) is 10.1. The molecule has 3 rings (SSSR count). The Morgan fingerprint density at radius 2 is 1.86 bits per heavy atom. The maximum Gasteiger partial charge on any atom is 0.266 e. The quantitative estimate of drug-likeness (QED) is 0.789. The van der Waals surface area contributed by atoms with Crippen molar-refractivity contribution in [3.05, 3.63) is 58.5 Å². The molecule has 1 aromatic carbocycles. The van der Waals surface area contributed by atoms with Crippen molar-refractivity contribution in [2.24, 2.45) is 0 Å². The highest BCUT2D eigenvalue weighted by Gasteiger charge is 2.13. The topological polar surface area (TPSA) is 58.6 Å². The number of alkyl halides is 2. The van der Waals surface area contributed by atoms with Crippen LogP contribution in [0.1, 0.15) is 12.0 Å². The number of pyridine rings is 1. The van der Waals surface area contributed by atoms with Crippen molar-refractivity contribution < 1.29 is 13.2 Å². The number of hydrogen-bond acceptors (Lipinski definition) is 3. The Bertz CT molecular complexity index is 859. The molecule has 2 aromatic heterocycles. The molecule has 106 valence electrons. The predicted molar refractivity (Wildman–Crippen MR) is 70.5 cm³/mol. The van der Waals surface area contributed by atoms with Gasteiger partial charge in [-0.1, -0.05) is 0 Å². The lowest BCUT2D eigenvalue weighted by Gasteiger charge is -2.05. The third kappa shape index (κ3) is 2.37. The zero-order valence-electron chi connectivity index (χ0n) is 10.5. The highest BCUT2D eigenvalue weighted by Crippen LogP contribution is 2.25. The van der Waals surface area contributed by atoms with Crippen LogP contribution in [-0.4, -0.2) is 15.0 Å². The van der Waals surface area contributed by atoms with Gasteiger partial charge in [0.15, 0.2) is 5.82 Å². The number of fused-ring (bicyclic) bond motifs is 1. The van der Waals surface area contributed by atoms with Gasteiger partial charge in [-0.05, 0) is 23.6 Å². The molecular formula is C14H8F3N3O. The van der Waals surface area contributed by atoms with Crippen LogP contribution in [-0.2, 0) is 0 Å². The minimum absolute atomic E-state index is 0.0147. The van der Waals surface area contributed by atoms with E-state index in [-0.39, 0.29) is 22.3 Å². The summed E-state index contributed by atoms with van der Waals surface area (Å²) < 4.78 is 38.9. The summed E-state index contributed by atoms with van der Waals surface area (Å²) in [4.78, 5) is 21.5. The van der Waals surface area contributed by atoms with Crippen LogP contribution < -0.4 is 5.56 Å². The molecule has 0 fully saturated rings. The van der Waals surface area contributed by atoms with Crippen molar-refractivity contribution in [3.63, 3.8) is 0 Å². The van der Waals surface area contributed by atoms with E-state index in [4.69, 9.17) is 0 Å². The highest BCUT2D eigenvalue weighted by molar-refractivity contribution is 5.85. The number of aromatic nitrogens is 3. The Labute approximate surface area is 116 Å². The summed E-state index contributed by atoms with van der Waals surface area (Å²) in [5.41, 5.74) is -0.697. The van der Waals surface area contributed by atoms with Gasteiger partial charge in [0, 0.05) is 24.0 Å². The van der Waals surface area contributed by atoms with Crippen molar-refractivity contribution in [2.45, 2.75) is 6.43 Å². The van der Waals surface area contributed by atoms with Gasteiger partial charge in [-0.25, -0.2) is 23.1 Å². The summed E-state index contributed by atoms with van der Waals surface area (Å²) >= 11 is 0. The van der Waals surface area contributed by atoms with E-state index in [0.29, 0.717) is 5.39 Å². The van der Waals surface area contributed by atoms with Gasteiger partial charge in [-0.15, -0.1) is 0 Å². The van der Waals surface area contributed by atoms with Gasteiger partial charge in [0.05, 0.1) is 11.1 Å². The normalized spacial score (nSPS) is 11.2. The van der Waals surface area contributed by atoms with Crippen molar-refractivity contribution in [1.82, 2.24) is 15.0 Å². The standard InChI is InChI=1S/C14H8F3N3O/c15-11-4-9-7(1-2-18-14(9)21)3-10(11)13-19-5-8(6-20-13)12(16)17/h1-6,12H,(H,18,21).